The second kappa shape index (κ2) is 7.84. The molecule has 0 aliphatic rings. The lowest BCUT2D eigenvalue weighted by molar-refractivity contribution is -0.165. The maximum absolute atomic E-state index is 11.6. The van der Waals surface area contributed by atoms with Crippen LogP contribution in [0.5, 0.6) is 0 Å². The highest BCUT2D eigenvalue weighted by molar-refractivity contribution is 6.14. The van der Waals surface area contributed by atoms with E-state index in [1.807, 2.05) is 6.92 Å². The SMILES string of the molecule is CCCC(O)OC(=O)C(C(=O)O)=C(CC)CC. The van der Waals surface area contributed by atoms with Gasteiger partial charge in [0.1, 0.15) is 5.57 Å². The molecular formula is C12H20O5. The second-order valence-electron chi connectivity index (χ2n) is 3.64. The highest BCUT2D eigenvalue weighted by atomic mass is 16.6. The Bertz CT molecular complexity index is 300. The summed E-state index contributed by atoms with van der Waals surface area (Å²) in [7, 11) is 0. The van der Waals surface area contributed by atoms with Crippen molar-refractivity contribution in [3.63, 3.8) is 0 Å². The molecule has 0 aliphatic carbocycles. The molecule has 0 radical (unpaired) electrons. The van der Waals surface area contributed by atoms with Crippen LogP contribution >= 0.6 is 0 Å². The summed E-state index contributed by atoms with van der Waals surface area (Å²) in [5.41, 5.74) is 0.163. The molecular weight excluding hydrogens is 224 g/mol. The predicted octanol–water partition coefficient (Wildman–Crippen LogP) is 1.85. The molecule has 5 nitrogen and oxygen atoms in total. The zero-order chi connectivity index (χ0) is 13.4. The van der Waals surface area contributed by atoms with Crippen molar-refractivity contribution in [2.75, 3.05) is 0 Å². The summed E-state index contributed by atoms with van der Waals surface area (Å²) in [5, 5.41) is 18.3. The first kappa shape index (κ1) is 15.6. The van der Waals surface area contributed by atoms with E-state index in [0.29, 0.717) is 31.3 Å². The molecule has 17 heavy (non-hydrogen) atoms. The largest absolute Gasteiger partial charge is 0.477 e. The highest BCUT2D eigenvalue weighted by Crippen LogP contribution is 2.15. The standard InChI is InChI=1S/C12H20O5/c1-4-7-9(13)17-12(16)10(11(14)15)8(5-2)6-3/h9,13H,4-7H2,1-3H3,(H,14,15). The van der Waals surface area contributed by atoms with Crippen LogP contribution in [0.15, 0.2) is 11.1 Å². The predicted molar refractivity (Wildman–Crippen MR) is 62.3 cm³/mol. The van der Waals surface area contributed by atoms with Gasteiger partial charge in [-0.25, -0.2) is 9.59 Å². The van der Waals surface area contributed by atoms with Crippen LogP contribution in [-0.2, 0) is 14.3 Å². The summed E-state index contributed by atoms with van der Waals surface area (Å²) in [4.78, 5) is 22.6. The summed E-state index contributed by atoms with van der Waals surface area (Å²) >= 11 is 0. The Morgan fingerprint density at radius 3 is 2.06 bits per heavy atom. The van der Waals surface area contributed by atoms with E-state index in [1.54, 1.807) is 13.8 Å². The van der Waals surface area contributed by atoms with Crippen LogP contribution in [0.2, 0.25) is 0 Å². The normalized spacial score (nSPS) is 11.8. The lowest BCUT2D eigenvalue weighted by atomic mass is 10.0. The lowest BCUT2D eigenvalue weighted by Gasteiger charge is -2.13. The fourth-order valence-corrected chi connectivity index (χ4v) is 1.47. The lowest BCUT2D eigenvalue weighted by Crippen LogP contribution is -2.23. The van der Waals surface area contributed by atoms with E-state index in [-0.39, 0.29) is 5.57 Å². The van der Waals surface area contributed by atoms with E-state index < -0.39 is 18.2 Å². The second-order valence-corrected chi connectivity index (χ2v) is 3.64. The number of esters is 1. The van der Waals surface area contributed by atoms with Crippen molar-refractivity contribution in [3.05, 3.63) is 11.1 Å². The highest BCUT2D eigenvalue weighted by Gasteiger charge is 2.24. The summed E-state index contributed by atoms with van der Waals surface area (Å²) in [6.45, 7) is 5.38. The van der Waals surface area contributed by atoms with E-state index in [0.717, 1.165) is 0 Å². The molecule has 1 unspecified atom stereocenters. The maximum atomic E-state index is 11.6. The van der Waals surface area contributed by atoms with Crippen LogP contribution in [0, 0.1) is 0 Å². The van der Waals surface area contributed by atoms with Crippen LogP contribution in [-0.4, -0.2) is 28.4 Å². The smallest absolute Gasteiger partial charge is 0.347 e. The number of carboxylic acid groups (broad SMARTS) is 1. The Morgan fingerprint density at radius 2 is 1.71 bits per heavy atom. The minimum absolute atomic E-state index is 0.298. The molecule has 5 heteroatoms. The number of rotatable bonds is 7. The number of allylic oxidation sites excluding steroid dienone is 1. The third-order valence-corrected chi connectivity index (χ3v) is 2.40. The molecule has 2 N–H and O–H groups in total. The van der Waals surface area contributed by atoms with Crippen LogP contribution in [0.1, 0.15) is 46.5 Å². The first-order chi connectivity index (χ1) is 7.97. The number of hydrogen-bond donors (Lipinski definition) is 2. The number of carbonyl (C=O) groups is 2. The van der Waals surface area contributed by atoms with Crippen molar-refractivity contribution in [3.8, 4) is 0 Å². The average Bonchev–Trinajstić information content (AvgIpc) is 2.24. The number of aliphatic hydroxyl groups is 1. The molecule has 0 spiro atoms. The van der Waals surface area contributed by atoms with Gasteiger partial charge in [0.05, 0.1) is 0 Å². The van der Waals surface area contributed by atoms with Gasteiger partial charge in [-0.3, -0.25) is 0 Å². The molecule has 0 saturated carbocycles. The van der Waals surface area contributed by atoms with Crippen molar-refractivity contribution < 1.29 is 24.5 Å². The molecule has 0 aromatic carbocycles. The molecule has 0 aromatic rings. The van der Waals surface area contributed by atoms with Crippen molar-refractivity contribution in [2.24, 2.45) is 0 Å². The zero-order valence-corrected chi connectivity index (χ0v) is 10.5. The third kappa shape index (κ3) is 4.99. The molecule has 98 valence electrons. The molecule has 0 aliphatic heterocycles. The Labute approximate surface area is 101 Å². The van der Waals surface area contributed by atoms with E-state index in [4.69, 9.17) is 5.11 Å². The minimum atomic E-state index is -1.31. The molecule has 0 heterocycles. The van der Waals surface area contributed by atoms with Gasteiger partial charge in [-0.1, -0.05) is 27.2 Å². The van der Waals surface area contributed by atoms with Gasteiger partial charge in [-0.2, -0.15) is 0 Å². The van der Waals surface area contributed by atoms with Gasteiger partial charge in [0.15, 0.2) is 0 Å². The van der Waals surface area contributed by atoms with Crippen molar-refractivity contribution in [1.29, 1.82) is 0 Å². The zero-order valence-electron chi connectivity index (χ0n) is 10.5. The monoisotopic (exact) mass is 244 g/mol. The topological polar surface area (TPSA) is 83.8 Å². The van der Waals surface area contributed by atoms with Gasteiger partial charge in [0.2, 0.25) is 6.29 Å². The van der Waals surface area contributed by atoms with Crippen LogP contribution in [0.4, 0.5) is 0 Å². The van der Waals surface area contributed by atoms with E-state index in [9.17, 15) is 14.7 Å². The number of hydrogen-bond acceptors (Lipinski definition) is 4. The average molecular weight is 244 g/mol. The first-order valence-corrected chi connectivity index (χ1v) is 5.82. The quantitative estimate of drug-likeness (QED) is 0.235. The van der Waals surface area contributed by atoms with Gasteiger partial charge >= 0.3 is 11.9 Å². The number of carbonyl (C=O) groups excluding carboxylic acids is 1. The van der Waals surface area contributed by atoms with Gasteiger partial charge in [0.25, 0.3) is 0 Å². The minimum Gasteiger partial charge on any atom is -0.477 e. The van der Waals surface area contributed by atoms with Crippen molar-refractivity contribution in [1.82, 2.24) is 0 Å². The first-order valence-electron chi connectivity index (χ1n) is 5.82. The molecule has 0 bridgehead atoms. The maximum Gasteiger partial charge on any atom is 0.347 e. The van der Waals surface area contributed by atoms with E-state index in [1.165, 1.54) is 0 Å². The molecule has 0 amide bonds. The third-order valence-electron chi connectivity index (χ3n) is 2.40. The molecule has 1 atom stereocenters. The van der Waals surface area contributed by atoms with E-state index in [2.05, 4.69) is 4.74 Å². The fourth-order valence-electron chi connectivity index (χ4n) is 1.47. The van der Waals surface area contributed by atoms with Crippen LogP contribution in [0.25, 0.3) is 0 Å². The summed E-state index contributed by atoms with van der Waals surface area (Å²) < 4.78 is 4.68. The van der Waals surface area contributed by atoms with Gasteiger partial charge in [-0.15, -0.1) is 0 Å². The molecule has 0 aromatic heterocycles. The summed E-state index contributed by atoms with van der Waals surface area (Å²) in [6, 6.07) is 0. The number of aliphatic hydroxyl groups excluding tert-OH is 1. The Hall–Kier alpha value is -1.36. The molecule has 0 fully saturated rings. The van der Waals surface area contributed by atoms with Gasteiger partial charge in [-0.05, 0) is 18.4 Å². The van der Waals surface area contributed by atoms with Gasteiger partial charge in [0, 0.05) is 6.42 Å². The Kier molecular flexibility index (Phi) is 7.21. The number of ether oxygens (including phenoxy) is 1. The van der Waals surface area contributed by atoms with E-state index >= 15 is 0 Å². The fraction of sp³-hybridized carbons (Fsp3) is 0.667. The van der Waals surface area contributed by atoms with Crippen molar-refractivity contribution in [2.45, 2.75) is 52.7 Å². The van der Waals surface area contributed by atoms with Gasteiger partial charge < -0.3 is 14.9 Å². The molecule has 0 rings (SSSR count). The molecule has 0 saturated heterocycles. The number of aliphatic carboxylic acids is 1. The Balaban J connectivity index is 4.91. The number of carboxylic acids is 1. The van der Waals surface area contributed by atoms with Crippen LogP contribution in [0.3, 0.4) is 0 Å². The van der Waals surface area contributed by atoms with Crippen molar-refractivity contribution >= 4 is 11.9 Å². The summed E-state index contributed by atoms with van der Waals surface area (Å²) in [6.07, 6.45) is 0.645. The van der Waals surface area contributed by atoms with Crippen LogP contribution < -0.4 is 0 Å². The Morgan fingerprint density at radius 1 is 1.18 bits per heavy atom. The summed E-state index contributed by atoms with van der Waals surface area (Å²) in [5.74, 6) is -2.27.